The molecular formula is C14H15BrN2OS. The summed E-state index contributed by atoms with van der Waals surface area (Å²) in [6, 6.07) is 7.38. The summed E-state index contributed by atoms with van der Waals surface area (Å²) in [5, 5.41) is 4.01. The normalized spacial score (nSPS) is 10.5. The van der Waals surface area contributed by atoms with E-state index in [0.29, 0.717) is 12.1 Å². The molecule has 0 aliphatic carbocycles. The minimum absolute atomic E-state index is 0.0415. The number of nitrogens with zero attached hydrogens (tertiary/aromatic N) is 1. The summed E-state index contributed by atoms with van der Waals surface area (Å²) >= 11 is 5.06. The maximum Gasteiger partial charge on any atom is 0.251 e. The molecule has 5 heteroatoms. The fraction of sp³-hybridized carbons (Fsp3) is 0.286. The molecule has 0 aliphatic heterocycles. The lowest BCUT2D eigenvalue weighted by Crippen LogP contribution is -2.25. The van der Waals surface area contributed by atoms with E-state index in [-0.39, 0.29) is 5.91 Å². The predicted molar refractivity (Wildman–Crippen MR) is 81.8 cm³/mol. The van der Waals surface area contributed by atoms with Crippen molar-refractivity contribution in [3.8, 4) is 0 Å². The fourth-order valence-corrected chi connectivity index (χ4v) is 3.16. The number of thiazole rings is 1. The first-order valence-corrected chi connectivity index (χ1v) is 7.64. The highest BCUT2D eigenvalue weighted by Crippen LogP contribution is 2.17. The molecule has 0 bridgehead atoms. The number of halogens is 1. The van der Waals surface area contributed by atoms with Crippen LogP contribution in [0.1, 0.15) is 25.9 Å². The lowest BCUT2D eigenvalue weighted by atomic mass is 10.2. The second-order valence-electron chi connectivity index (χ2n) is 4.26. The predicted octanol–water partition coefficient (Wildman–Crippen LogP) is 3.49. The van der Waals surface area contributed by atoms with Crippen LogP contribution in [0.15, 0.2) is 28.7 Å². The Kier molecular flexibility index (Phi) is 4.71. The van der Waals surface area contributed by atoms with Crippen molar-refractivity contribution in [2.75, 3.05) is 6.54 Å². The van der Waals surface area contributed by atoms with E-state index in [1.165, 1.54) is 4.88 Å². The highest BCUT2D eigenvalue weighted by molar-refractivity contribution is 9.10. The van der Waals surface area contributed by atoms with E-state index in [2.05, 4.69) is 26.2 Å². The number of aromatic nitrogens is 1. The first-order valence-electron chi connectivity index (χ1n) is 6.03. The van der Waals surface area contributed by atoms with Gasteiger partial charge in [0.2, 0.25) is 0 Å². The number of hydrogen-bond donors (Lipinski definition) is 1. The molecule has 1 amide bonds. The number of hydrogen-bond acceptors (Lipinski definition) is 3. The number of carbonyl (C=O) groups is 1. The minimum atomic E-state index is -0.0415. The van der Waals surface area contributed by atoms with Gasteiger partial charge in [-0.3, -0.25) is 4.79 Å². The van der Waals surface area contributed by atoms with Crippen LogP contribution in [0.4, 0.5) is 0 Å². The van der Waals surface area contributed by atoms with Gasteiger partial charge >= 0.3 is 0 Å². The quantitative estimate of drug-likeness (QED) is 0.926. The zero-order chi connectivity index (χ0) is 13.8. The van der Waals surface area contributed by atoms with Crippen LogP contribution in [0.3, 0.4) is 0 Å². The number of benzene rings is 1. The van der Waals surface area contributed by atoms with Gasteiger partial charge in [0.25, 0.3) is 5.91 Å². The number of carbonyl (C=O) groups excluding carboxylic acids is 1. The van der Waals surface area contributed by atoms with Gasteiger partial charge in [-0.15, -0.1) is 11.3 Å². The molecule has 0 unspecified atom stereocenters. The smallest absolute Gasteiger partial charge is 0.251 e. The van der Waals surface area contributed by atoms with Crippen LogP contribution in [0.2, 0.25) is 0 Å². The lowest BCUT2D eigenvalue weighted by molar-refractivity contribution is 0.0954. The Bertz CT molecular complexity index is 595. The van der Waals surface area contributed by atoms with Crippen LogP contribution >= 0.6 is 27.3 Å². The van der Waals surface area contributed by atoms with Crippen molar-refractivity contribution >= 4 is 33.2 Å². The van der Waals surface area contributed by atoms with Crippen molar-refractivity contribution in [1.82, 2.24) is 10.3 Å². The third kappa shape index (κ3) is 3.88. The molecule has 0 radical (unpaired) electrons. The summed E-state index contributed by atoms with van der Waals surface area (Å²) in [6.07, 6.45) is 0.830. The second kappa shape index (κ2) is 6.30. The molecule has 3 nitrogen and oxygen atoms in total. The van der Waals surface area contributed by atoms with E-state index >= 15 is 0 Å². The second-order valence-corrected chi connectivity index (χ2v) is 6.46. The summed E-state index contributed by atoms with van der Waals surface area (Å²) in [7, 11) is 0. The standard InChI is InChI=1S/C14H15BrN2OS/c1-9-13(19-10(2)17-9)6-7-16-14(18)11-4-3-5-12(15)8-11/h3-5,8H,6-7H2,1-2H3,(H,16,18). The molecule has 2 aromatic rings. The van der Waals surface area contributed by atoms with E-state index < -0.39 is 0 Å². The molecule has 0 aliphatic rings. The van der Waals surface area contributed by atoms with Crippen LogP contribution < -0.4 is 5.32 Å². The molecule has 0 fully saturated rings. The minimum Gasteiger partial charge on any atom is -0.352 e. The van der Waals surface area contributed by atoms with E-state index in [1.807, 2.05) is 38.1 Å². The lowest BCUT2D eigenvalue weighted by Gasteiger charge is -2.05. The summed E-state index contributed by atoms with van der Waals surface area (Å²) < 4.78 is 0.911. The molecule has 19 heavy (non-hydrogen) atoms. The van der Waals surface area contributed by atoms with Gasteiger partial charge in [-0.1, -0.05) is 22.0 Å². The number of aryl methyl sites for hydroxylation is 2. The average molecular weight is 339 g/mol. The van der Waals surface area contributed by atoms with Crippen molar-refractivity contribution in [3.63, 3.8) is 0 Å². The summed E-state index contributed by atoms with van der Waals surface area (Å²) in [5.41, 5.74) is 1.74. The molecule has 1 N–H and O–H groups in total. The van der Waals surface area contributed by atoms with Crippen molar-refractivity contribution in [1.29, 1.82) is 0 Å². The Hall–Kier alpha value is -1.20. The van der Waals surface area contributed by atoms with Gasteiger partial charge < -0.3 is 5.32 Å². The number of rotatable bonds is 4. The maximum atomic E-state index is 11.9. The van der Waals surface area contributed by atoms with E-state index in [1.54, 1.807) is 11.3 Å². The van der Waals surface area contributed by atoms with Gasteiger partial charge in [-0.2, -0.15) is 0 Å². The zero-order valence-electron chi connectivity index (χ0n) is 10.9. The van der Waals surface area contributed by atoms with E-state index in [9.17, 15) is 4.79 Å². The molecule has 1 aromatic heterocycles. The van der Waals surface area contributed by atoms with Crippen molar-refractivity contribution in [3.05, 3.63) is 49.9 Å². The molecule has 0 spiro atoms. The largest absolute Gasteiger partial charge is 0.352 e. The third-order valence-electron chi connectivity index (χ3n) is 2.72. The van der Waals surface area contributed by atoms with E-state index in [4.69, 9.17) is 0 Å². The first kappa shape index (κ1) is 14.2. The van der Waals surface area contributed by atoms with Crippen molar-refractivity contribution in [2.45, 2.75) is 20.3 Å². The summed E-state index contributed by atoms with van der Waals surface area (Å²) in [4.78, 5) is 17.6. The Labute approximate surface area is 125 Å². The Balaban J connectivity index is 1.89. The van der Waals surface area contributed by atoms with Crippen molar-refractivity contribution in [2.24, 2.45) is 0 Å². The zero-order valence-corrected chi connectivity index (χ0v) is 13.3. The number of amides is 1. The SMILES string of the molecule is Cc1nc(C)c(CCNC(=O)c2cccc(Br)c2)s1. The molecular weight excluding hydrogens is 324 g/mol. The highest BCUT2D eigenvalue weighted by Gasteiger charge is 2.07. The fourth-order valence-electron chi connectivity index (χ4n) is 1.83. The topological polar surface area (TPSA) is 42.0 Å². The number of nitrogens with one attached hydrogen (secondary N) is 1. The van der Waals surface area contributed by atoms with Crippen LogP contribution in [-0.4, -0.2) is 17.4 Å². The van der Waals surface area contributed by atoms with Gasteiger partial charge in [0, 0.05) is 27.9 Å². The van der Waals surface area contributed by atoms with Gasteiger partial charge in [-0.25, -0.2) is 4.98 Å². The molecule has 0 saturated carbocycles. The molecule has 100 valence electrons. The summed E-state index contributed by atoms with van der Waals surface area (Å²) in [6.45, 7) is 4.64. The molecule has 1 heterocycles. The van der Waals surface area contributed by atoms with Crippen LogP contribution in [0, 0.1) is 13.8 Å². The van der Waals surface area contributed by atoms with Crippen molar-refractivity contribution < 1.29 is 4.79 Å². The third-order valence-corrected chi connectivity index (χ3v) is 4.35. The van der Waals surface area contributed by atoms with Crippen LogP contribution in [0.5, 0.6) is 0 Å². The Morgan fingerprint density at radius 2 is 2.21 bits per heavy atom. The van der Waals surface area contributed by atoms with Gasteiger partial charge in [0.05, 0.1) is 10.7 Å². The van der Waals surface area contributed by atoms with Gasteiger partial charge in [0.1, 0.15) is 0 Å². The molecule has 1 aromatic carbocycles. The van der Waals surface area contributed by atoms with E-state index in [0.717, 1.165) is 21.6 Å². The molecule has 2 rings (SSSR count). The summed E-state index contributed by atoms with van der Waals surface area (Å²) in [5.74, 6) is -0.0415. The monoisotopic (exact) mass is 338 g/mol. The van der Waals surface area contributed by atoms with Crippen LogP contribution in [-0.2, 0) is 6.42 Å². The first-order chi connectivity index (χ1) is 9.06. The van der Waals surface area contributed by atoms with Gasteiger partial charge in [-0.05, 0) is 32.0 Å². The molecule has 0 atom stereocenters. The van der Waals surface area contributed by atoms with Crippen LogP contribution in [0.25, 0.3) is 0 Å². The van der Waals surface area contributed by atoms with Gasteiger partial charge in [0.15, 0.2) is 0 Å². The average Bonchev–Trinajstić information content (AvgIpc) is 2.68. The Morgan fingerprint density at radius 1 is 1.42 bits per heavy atom. The molecule has 0 saturated heterocycles. The maximum absolute atomic E-state index is 11.9. The Morgan fingerprint density at radius 3 is 2.84 bits per heavy atom. The highest BCUT2D eigenvalue weighted by atomic mass is 79.9.